The number of rotatable bonds is 5. The number of aromatic nitrogens is 2. The van der Waals surface area contributed by atoms with Crippen molar-refractivity contribution in [3.05, 3.63) is 18.3 Å². The summed E-state index contributed by atoms with van der Waals surface area (Å²) in [6, 6.07) is 0. The van der Waals surface area contributed by atoms with Crippen LogP contribution in [0.2, 0.25) is 0 Å². The average Bonchev–Trinajstić information content (AvgIpc) is 2.42. The third kappa shape index (κ3) is 2.07. The fraction of sp³-hybridized carbons (Fsp3) is 0.500. The Morgan fingerprint density at radius 3 is 2.93 bits per heavy atom. The molecule has 4 nitrogen and oxygen atoms in total. The van der Waals surface area contributed by atoms with Gasteiger partial charge in [-0.1, -0.05) is 13.0 Å². The molecule has 0 aromatic carbocycles. The van der Waals surface area contributed by atoms with Gasteiger partial charge in [0.25, 0.3) is 0 Å². The van der Waals surface area contributed by atoms with Crippen LogP contribution in [-0.2, 0) is 6.54 Å². The van der Waals surface area contributed by atoms with E-state index in [0.717, 1.165) is 30.2 Å². The molecule has 0 atom stereocenters. The summed E-state index contributed by atoms with van der Waals surface area (Å²) in [5.41, 5.74) is 7.51. The summed E-state index contributed by atoms with van der Waals surface area (Å²) >= 11 is 0. The minimum atomic E-state index is 0.707. The number of nitrogens with one attached hydrogen (secondary N) is 1. The van der Waals surface area contributed by atoms with Gasteiger partial charge in [0.15, 0.2) is 0 Å². The Morgan fingerprint density at radius 2 is 2.36 bits per heavy atom. The zero-order valence-corrected chi connectivity index (χ0v) is 8.88. The van der Waals surface area contributed by atoms with Gasteiger partial charge in [0.2, 0.25) is 0 Å². The molecule has 0 saturated heterocycles. The SMILES string of the molecule is C=CCNc1c(N)c(C)nn1CCC. The van der Waals surface area contributed by atoms with Crippen molar-refractivity contribution in [3.8, 4) is 0 Å². The average molecular weight is 194 g/mol. The summed E-state index contributed by atoms with van der Waals surface area (Å²) in [5.74, 6) is 0.907. The van der Waals surface area contributed by atoms with Gasteiger partial charge in [-0.25, -0.2) is 4.68 Å². The number of nitrogens with two attached hydrogens (primary N) is 1. The monoisotopic (exact) mass is 194 g/mol. The Labute approximate surface area is 84.8 Å². The molecule has 0 aliphatic carbocycles. The van der Waals surface area contributed by atoms with Crippen molar-refractivity contribution in [1.29, 1.82) is 0 Å². The molecule has 0 amide bonds. The van der Waals surface area contributed by atoms with Crippen LogP contribution >= 0.6 is 0 Å². The minimum absolute atomic E-state index is 0.707. The normalized spacial score (nSPS) is 10.1. The number of nitrogen functional groups attached to an aromatic ring is 1. The van der Waals surface area contributed by atoms with Crippen LogP contribution in [0.1, 0.15) is 19.0 Å². The maximum Gasteiger partial charge on any atom is 0.148 e. The second-order valence-electron chi connectivity index (χ2n) is 3.24. The number of nitrogens with zero attached hydrogens (tertiary/aromatic N) is 2. The van der Waals surface area contributed by atoms with Crippen molar-refractivity contribution in [2.45, 2.75) is 26.8 Å². The molecule has 0 aliphatic rings. The van der Waals surface area contributed by atoms with Crippen LogP contribution in [0.15, 0.2) is 12.7 Å². The molecule has 0 radical (unpaired) electrons. The molecule has 1 rings (SSSR count). The quantitative estimate of drug-likeness (QED) is 0.702. The first kappa shape index (κ1) is 10.6. The van der Waals surface area contributed by atoms with Gasteiger partial charge in [-0.2, -0.15) is 5.10 Å². The van der Waals surface area contributed by atoms with Crippen molar-refractivity contribution in [2.75, 3.05) is 17.6 Å². The third-order valence-corrected chi connectivity index (χ3v) is 2.02. The highest BCUT2D eigenvalue weighted by molar-refractivity contribution is 5.64. The van der Waals surface area contributed by atoms with Crippen molar-refractivity contribution in [3.63, 3.8) is 0 Å². The summed E-state index contributed by atoms with van der Waals surface area (Å²) in [5, 5.41) is 7.54. The molecule has 0 spiro atoms. The predicted octanol–water partition coefficient (Wildman–Crippen LogP) is 1.78. The highest BCUT2D eigenvalue weighted by Crippen LogP contribution is 2.21. The maximum atomic E-state index is 5.89. The molecule has 0 bridgehead atoms. The Bertz CT molecular complexity index is 314. The first-order valence-electron chi connectivity index (χ1n) is 4.88. The van der Waals surface area contributed by atoms with Gasteiger partial charge in [0.05, 0.1) is 11.4 Å². The second-order valence-corrected chi connectivity index (χ2v) is 3.24. The van der Waals surface area contributed by atoms with Crippen LogP contribution in [0.4, 0.5) is 11.5 Å². The molecule has 1 aromatic heterocycles. The third-order valence-electron chi connectivity index (χ3n) is 2.02. The molecule has 14 heavy (non-hydrogen) atoms. The van der Waals surface area contributed by atoms with Crippen molar-refractivity contribution < 1.29 is 0 Å². The summed E-state index contributed by atoms with van der Waals surface area (Å²) < 4.78 is 1.91. The second kappa shape index (κ2) is 4.69. The van der Waals surface area contributed by atoms with E-state index in [1.54, 1.807) is 6.08 Å². The van der Waals surface area contributed by atoms with Crippen LogP contribution in [0.5, 0.6) is 0 Å². The van der Waals surface area contributed by atoms with Crippen LogP contribution in [-0.4, -0.2) is 16.3 Å². The zero-order chi connectivity index (χ0) is 10.6. The first-order valence-corrected chi connectivity index (χ1v) is 4.88. The van der Waals surface area contributed by atoms with Crippen molar-refractivity contribution >= 4 is 11.5 Å². The molecule has 1 heterocycles. The number of anilines is 2. The van der Waals surface area contributed by atoms with E-state index in [0.29, 0.717) is 6.54 Å². The minimum Gasteiger partial charge on any atom is -0.394 e. The summed E-state index contributed by atoms with van der Waals surface area (Å²) in [4.78, 5) is 0. The van der Waals surface area contributed by atoms with E-state index in [4.69, 9.17) is 5.73 Å². The van der Waals surface area contributed by atoms with Crippen molar-refractivity contribution in [1.82, 2.24) is 9.78 Å². The lowest BCUT2D eigenvalue weighted by molar-refractivity contribution is 0.604. The van der Waals surface area contributed by atoms with Gasteiger partial charge < -0.3 is 11.1 Å². The molecule has 0 saturated carbocycles. The predicted molar refractivity (Wildman–Crippen MR) is 60.4 cm³/mol. The van der Waals surface area contributed by atoms with Crippen LogP contribution < -0.4 is 11.1 Å². The summed E-state index contributed by atoms with van der Waals surface area (Å²) in [6.07, 6.45) is 2.85. The van der Waals surface area contributed by atoms with Gasteiger partial charge in [-0.3, -0.25) is 0 Å². The van der Waals surface area contributed by atoms with Crippen LogP contribution in [0.3, 0.4) is 0 Å². The van der Waals surface area contributed by atoms with E-state index in [-0.39, 0.29) is 0 Å². The Morgan fingerprint density at radius 1 is 1.64 bits per heavy atom. The molecule has 4 heteroatoms. The van der Waals surface area contributed by atoms with Crippen molar-refractivity contribution in [2.24, 2.45) is 0 Å². The molecular weight excluding hydrogens is 176 g/mol. The van der Waals surface area contributed by atoms with Gasteiger partial charge in [0.1, 0.15) is 5.82 Å². The molecular formula is C10H18N4. The van der Waals surface area contributed by atoms with E-state index in [1.807, 2.05) is 11.6 Å². The summed E-state index contributed by atoms with van der Waals surface area (Å²) in [6.45, 7) is 9.28. The molecule has 0 unspecified atom stereocenters. The lowest BCUT2D eigenvalue weighted by atomic mass is 10.4. The fourth-order valence-electron chi connectivity index (χ4n) is 1.32. The largest absolute Gasteiger partial charge is 0.394 e. The Balaban J connectivity index is 2.90. The highest BCUT2D eigenvalue weighted by atomic mass is 15.3. The van der Waals surface area contributed by atoms with E-state index in [1.165, 1.54) is 0 Å². The lowest BCUT2D eigenvalue weighted by Gasteiger charge is -2.07. The highest BCUT2D eigenvalue weighted by Gasteiger charge is 2.10. The lowest BCUT2D eigenvalue weighted by Crippen LogP contribution is -2.08. The number of aryl methyl sites for hydroxylation is 2. The van der Waals surface area contributed by atoms with E-state index >= 15 is 0 Å². The van der Waals surface area contributed by atoms with Gasteiger partial charge >= 0.3 is 0 Å². The topological polar surface area (TPSA) is 55.9 Å². The molecule has 78 valence electrons. The van der Waals surface area contributed by atoms with Gasteiger partial charge in [-0.05, 0) is 13.3 Å². The smallest absolute Gasteiger partial charge is 0.148 e. The van der Waals surface area contributed by atoms with Crippen LogP contribution in [0, 0.1) is 6.92 Å². The standard InChI is InChI=1S/C10H18N4/c1-4-6-12-10-9(11)8(3)13-14(10)7-5-2/h4,12H,1,5-7,11H2,2-3H3. The fourth-order valence-corrected chi connectivity index (χ4v) is 1.32. The summed E-state index contributed by atoms with van der Waals surface area (Å²) in [7, 11) is 0. The first-order chi connectivity index (χ1) is 6.70. The van der Waals surface area contributed by atoms with Gasteiger partial charge in [-0.15, -0.1) is 6.58 Å². The molecule has 0 fully saturated rings. The zero-order valence-electron chi connectivity index (χ0n) is 8.88. The van der Waals surface area contributed by atoms with Gasteiger partial charge in [0, 0.05) is 13.1 Å². The van der Waals surface area contributed by atoms with E-state index in [9.17, 15) is 0 Å². The van der Waals surface area contributed by atoms with E-state index < -0.39 is 0 Å². The van der Waals surface area contributed by atoms with Crippen LogP contribution in [0.25, 0.3) is 0 Å². The number of hydrogen-bond acceptors (Lipinski definition) is 3. The Kier molecular flexibility index (Phi) is 3.56. The Hall–Kier alpha value is -1.45. The molecule has 3 N–H and O–H groups in total. The number of hydrogen-bond donors (Lipinski definition) is 2. The maximum absolute atomic E-state index is 5.89. The molecule has 0 aliphatic heterocycles. The molecule has 1 aromatic rings. The van der Waals surface area contributed by atoms with E-state index in [2.05, 4.69) is 23.9 Å².